The van der Waals surface area contributed by atoms with Crippen LogP contribution < -0.4 is 10.2 Å². The number of halogens is 1. The molecule has 3 aromatic rings. The second-order valence-corrected chi connectivity index (χ2v) is 5.64. The van der Waals surface area contributed by atoms with E-state index >= 15 is 0 Å². The lowest BCUT2D eigenvalue weighted by Gasteiger charge is -1.96. The predicted octanol–water partition coefficient (Wildman–Crippen LogP) is 2.47. The lowest BCUT2D eigenvalue weighted by molar-refractivity contribution is 0.0948. The van der Waals surface area contributed by atoms with Crippen molar-refractivity contribution in [1.29, 1.82) is 0 Å². The predicted molar refractivity (Wildman–Crippen MR) is 79.6 cm³/mol. The zero-order valence-corrected chi connectivity index (χ0v) is 12.1. The molecule has 0 fully saturated rings. The van der Waals surface area contributed by atoms with Gasteiger partial charge in [-0.3, -0.25) is 4.79 Å². The number of H-pyrrole nitrogens is 1. The van der Waals surface area contributed by atoms with E-state index in [1.54, 1.807) is 12.3 Å². The Labute approximate surface area is 123 Å². The number of hydrogen-bond acceptors (Lipinski definition) is 3. The molecule has 2 N–H and O–H groups in total. The molecule has 0 saturated heterocycles. The Hall–Kier alpha value is -2.05. The van der Waals surface area contributed by atoms with Crippen molar-refractivity contribution in [2.75, 3.05) is 0 Å². The highest BCUT2D eigenvalue weighted by Crippen LogP contribution is 2.15. The van der Waals surface area contributed by atoms with E-state index in [0.717, 1.165) is 15.0 Å². The van der Waals surface area contributed by atoms with Gasteiger partial charge in [0, 0.05) is 13.2 Å². The number of thiazole rings is 1. The lowest BCUT2D eigenvalue weighted by Crippen LogP contribution is -2.23. The number of para-hydroxylation sites is 1. The Kier molecular flexibility index (Phi) is 3.33. The van der Waals surface area contributed by atoms with Gasteiger partial charge in [0.1, 0.15) is 5.69 Å². The van der Waals surface area contributed by atoms with Crippen LogP contribution in [0.15, 0.2) is 41.6 Å². The number of hydrogen-bond donors (Lipinski definition) is 2. The minimum absolute atomic E-state index is 0.325. The van der Waals surface area contributed by atoms with Gasteiger partial charge in [-0.05, 0) is 18.2 Å². The van der Waals surface area contributed by atoms with Crippen molar-refractivity contribution in [1.82, 2.24) is 15.0 Å². The first-order valence-electron chi connectivity index (χ1n) is 5.88. The van der Waals surface area contributed by atoms with Crippen LogP contribution in [0, 0.1) is 0 Å². The van der Waals surface area contributed by atoms with Gasteiger partial charge < -0.3 is 9.55 Å². The maximum atomic E-state index is 11.9. The quantitative estimate of drug-likeness (QED) is 0.702. The molecule has 1 amide bonds. The number of nitrogens with one attached hydrogen (secondary N) is 2. The van der Waals surface area contributed by atoms with E-state index in [9.17, 15) is 4.79 Å². The molecule has 2 heterocycles. The molecule has 0 aliphatic rings. The SMILES string of the molecule is Cn1/c(=N\NC(=O)c2cc(Cl)c[nH]2)sc2ccccc21. The van der Waals surface area contributed by atoms with Crippen LogP contribution in [-0.2, 0) is 7.05 Å². The van der Waals surface area contributed by atoms with Crippen molar-refractivity contribution in [3.05, 3.63) is 52.0 Å². The standard InChI is InChI=1S/C13H11ClN4OS/c1-18-10-4-2-3-5-11(10)20-13(18)17-16-12(19)9-6-8(14)7-15-9/h2-7,15H,1H3,(H,16,19)/b17-13+. The fraction of sp³-hybridized carbons (Fsp3) is 0.0769. The summed E-state index contributed by atoms with van der Waals surface area (Å²) in [6.45, 7) is 0. The van der Waals surface area contributed by atoms with Gasteiger partial charge >= 0.3 is 0 Å². The van der Waals surface area contributed by atoms with Gasteiger partial charge in [-0.15, -0.1) is 5.10 Å². The zero-order valence-electron chi connectivity index (χ0n) is 10.6. The Morgan fingerprint density at radius 3 is 2.95 bits per heavy atom. The number of nitrogens with zero attached hydrogens (tertiary/aromatic N) is 2. The molecule has 0 aliphatic carbocycles. The molecule has 0 radical (unpaired) electrons. The molecule has 0 aliphatic heterocycles. The number of carbonyl (C=O) groups excluding carboxylic acids is 1. The lowest BCUT2D eigenvalue weighted by atomic mass is 10.3. The fourth-order valence-corrected chi connectivity index (χ4v) is 2.99. The smallest absolute Gasteiger partial charge is 0.287 e. The van der Waals surface area contributed by atoms with Crippen molar-refractivity contribution in [3.8, 4) is 0 Å². The van der Waals surface area contributed by atoms with Crippen LogP contribution in [0.1, 0.15) is 10.5 Å². The number of amides is 1. The molecule has 3 rings (SSSR count). The van der Waals surface area contributed by atoms with E-state index in [1.165, 1.54) is 11.3 Å². The highest BCUT2D eigenvalue weighted by atomic mass is 35.5. The number of fused-ring (bicyclic) bond motifs is 1. The van der Waals surface area contributed by atoms with Gasteiger partial charge in [0.2, 0.25) is 4.80 Å². The van der Waals surface area contributed by atoms with Crippen LogP contribution in [-0.4, -0.2) is 15.5 Å². The van der Waals surface area contributed by atoms with Gasteiger partial charge in [0.25, 0.3) is 5.91 Å². The van der Waals surface area contributed by atoms with E-state index in [4.69, 9.17) is 11.6 Å². The van der Waals surface area contributed by atoms with Gasteiger partial charge in [-0.2, -0.15) is 0 Å². The topological polar surface area (TPSA) is 62.2 Å². The first kappa shape index (κ1) is 13.0. The number of rotatable bonds is 2. The van der Waals surface area contributed by atoms with Crippen LogP contribution in [0.4, 0.5) is 0 Å². The second kappa shape index (κ2) is 5.15. The molecule has 1 aromatic carbocycles. The monoisotopic (exact) mass is 306 g/mol. The molecule has 0 bridgehead atoms. The van der Waals surface area contributed by atoms with E-state index in [-0.39, 0.29) is 5.91 Å². The van der Waals surface area contributed by atoms with Gasteiger partial charge in [-0.1, -0.05) is 35.1 Å². The average molecular weight is 307 g/mol. The molecule has 2 aromatic heterocycles. The third-order valence-corrected chi connectivity index (χ3v) is 4.19. The molecule has 7 heteroatoms. The maximum Gasteiger partial charge on any atom is 0.287 e. The molecule has 20 heavy (non-hydrogen) atoms. The van der Waals surface area contributed by atoms with Crippen molar-refractivity contribution in [2.45, 2.75) is 0 Å². The van der Waals surface area contributed by atoms with Crippen LogP contribution in [0.2, 0.25) is 5.02 Å². The average Bonchev–Trinajstić information content (AvgIpc) is 3.01. The Bertz CT molecular complexity index is 845. The molecule has 0 atom stereocenters. The summed E-state index contributed by atoms with van der Waals surface area (Å²) in [4.78, 5) is 15.4. The first-order valence-corrected chi connectivity index (χ1v) is 7.07. The largest absolute Gasteiger partial charge is 0.356 e. The highest BCUT2D eigenvalue weighted by molar-refractivity contribution is 7.16. The third-order valence-electron chi connectivity index (χ3n) is 2.86. The summed E-state index contributed by atoms with van der Waals surface area (Å²) in [5.74, 6) is -0.325. The van der Waals surface area contributed by atoms with Crippen LogP contribution in [0.3, 0.4) is 0 Å². The van der Waals surface area contributed by atoms with Crippen LogP contribution in [0.25, 0.3) is 10.2 Å². The minimum Gasteiger partial charge on any atom is -0.356 e. The number of carbonyl (C=O) groups is 1. The summed E-state index contributed by atoms with van der Waals surface area (Å²) in [5, 5.41) is 4.64. The molecular formula is C13H11ClN4OS. The Morgan fingerprint density at radius 1 is 1.45 bits per heavy atom. The van der Waals surface area contributed by atoms with E-state index < -0.39 is 0 Å². The molecule has 0 saturated carbocycles. The summed E-state index contributed by atoms with van der Waals surface area (Å²) in [5.41, 5.74) is 3.97. The Balaban J connectivity index is 1.91. The summed E-state index contributed by atoms with van der Waals surface area (Å²) >= 11 is 7.27. The first-order chi connectivity index (χ1) is 9.65. The molecule has 0 unspecified atom stereocenters. The molecule has 5 nitrogen and oxygen atoms in total. The van der Waals surface area contributed by atoms with Gasteiger partial charge in [-0.25, -0.2) is 5.43 Å². The number of aryl methyl sites for hydroxylation is 1. The summed E-state index contributed by atoms with van der Waals surface area (Å²) < 4.78 is 3.05. The second-order valence-electron chi connectivity index (χ2n) is 4.20. The Morgan fingerprint density at radius 2 is 2.25 bits per heavy atom. The summed E-state index contributed by atoms with van der Waals surface area (Å²) in [7, 11) is 1.91. The zero-order chi connectivity index (χ0) is 14.1. The number of aromatic amines is 1. The van der Waals surface area contributed by atoms with Crippen LogP contribution >= 0.6 is 22.9 Å². The van der Waals surface area contributed by atoms with E-state index in [0.29, 0.717) is 10.7 Å². The molecule has 0 spiro atoms. The van der Waals surface area contributed by atoms with Crippen molar-refractivity contribution in [3.63, 3.8) is 0 Å². The summed E-state index contributed by atoms with van der Waals surface area (Å²) in [6, 6.07) is 9.53. The fourth-order valence-electron chi connectivity index (χ4n) is 1.85. The number of benzene rings is 1. The number of aromatic nitrogens is 2. The molecular weight excluding hydrogens is 296 g/mol. The normalized spacial score (nSPS) is 12.0. The molecule has 102 valence electrons. The third kappa shape index (κ3) is 2.35. The van der Waals surface area contributed by atoms with Crippen LogP contribution in [0.5, 0.6) is 0 Å². The maximum absolute atomic E-state index is 11.9. The van der Waals surface area contributed by atoms with Crippen molar-refractivity contribution in [2.24, 2.45) is 12.1 Å². The van der Waals surface area contributed by atoms with Crippen molar-refractivity contribution < 1.29 is 4.79 Å². The highest BCUT2D eigenvalue weighted by Gasteiger charge is 2.07. The summed E-state index contributed by atoms with van der Waals surface area (Å²) in [6.07, 6.45) is 1.55. The van der Waals surface area contributed by atoms with Crippen molar-refractivity contribution >= 4 is 39.1 Å². The minimum atomic E-state index is -0.325. The van der Waals surface area contributed by atoms with Gasteiger partial charge in [0.05, 0.1) is 15.2 Å². The van der Waals surface area contributed by atoms with E-state index in [1.807, 2.05) is 35.9 Å². The van der Waals surface area contributed by atoms with E-state index in [2.05, 4.69) is 15.5 Å². The van der Waals surface area contributed by atoms with Gasteiger partial charge in [0.15, 0.2) is 0 Å².